The van der Waals surface area contributed by atoms with E-state index in [0.717, 1.165) is 67.6 Å². The first-order chi connectivity index (χ1) is 14.7. The molecule has 6 rings (SSSR count). The third-order valence-electron chi connectivity index (χ3n) is 7.51. The summed E-state index contributed by atoms with van der Waals surface area (Å²) in [6.07, 6.45) is 7.88. The lowest BCUT2D eigenvalue weighted by molar-refractivity contribution is -0.134. The van der Waals surface area contributed by atoms with Gasteiger partial charge < -0.3 is 19.9 Å². The number of nitrogens with zero attached hydrogens (tertiary/aromatic N) is 3. The molecule has 1 amide bonds. The van der Waals surface area contributed by atoms with Gasteiger partial charge in [-0.15, -0.1) is 0 Å². The maximum atomic E-state index is 13.7. The first kappa shape index (κ1) is 18.2. The Hall–Kier alpha value is -2.60. The van der Waals surface area contributed by atoms with Crippen molar-refractivity contribution in [3.05, 3.63) is 42.1 Å². The molecule has 1 N–H and O–H groups in total. The van der Waals surface area contributed by atoms with E-state index in [0.29, 0.717) is 12.0 Å². The lowest BCUT2D eigenvalue weighted by Gasteiger charge is -2.54. The molecule has 2 aliphatic heterocycles. The molecule has 3 heterocycles. The summed E-state index contributed by atoms with van der Waals surface area (Å²) in [5.41, 5.74) is 4.63. The van der Waals surface area contributed by atoms with Gasteiger partial charge in [0.25, 0.3) is 0 Å². The number of anilines is 4. The smallest absolute Gasteiger partial charge is 0.230 e. The molecule has 0 bridgehead atoms. The molecule has 0 radical (unpaired) electrons. The van der Waals surface area contributed by atoms with Gasteiger partial charge in [0.2, 0.25) is 5.91 Å². The number of pyridine rings is 1. The van der Waals surface area contributed by atoms with Gasteiger partial charge in [-0.2, -0.15) is 0 Å². The number of hydrogen-bond acceptors (Lipinski definition) is 5. The number of amides is 1. The van der Waals surface area contributed by atoms with E-state index in [1.165, 1.54) is 19.3 Å². The van der Waals surface area contributed by atoms with Crippen molar-refractivity contribution in [2.45, 2.75) is 38.6 Å². The molecular weight excluding hydrogens is 376 g/mol. The minimum absolute atomic E-state index is 0.156. The van der Waals surface area contributed by atoms with Crippen LogP contribution in [0.5, 0.6) is 0 Å². The van der Waals surface area contributed by atoms with Crippen molar-refractivity contribution >= 4 is 28.8 Å². The average molecular weight is 405 g/mol. The van der Waals surface area contributed by atoms with Gasteiger partial charge in [-0.1, -0.05) is 12.5 Å². The second-order valence-electron chi connectivity index (χ2n) is 9.32. The second kappa shape index (κ2) is 6.98. The van der Waals surface area contributed by atoms with Crippen molar-refractivity contribution < 1.29 is 9.53 Å². The lowest BCUT2D eigenvalue weighted by Crippen LogP contribution is -2.50. The zero-order valence-electron chi connectivity index (χ0n) is 17.3. The van der Waals surface area contributed by atoms with E-state index in [2.05, 4.69) is 39.5 Å². The first-order valence-corrected chi connectivity index (χ1v) is 11.2. The van der Waals surface area contributed by atoms with Gasteiger partial charge in [0.05, 0.1) is 31.1 Å². The number of ether oxygens (including phenoxy) is 1. The molecule has 2 aromatic rings. The molecule has 2 aliphatic carbocycles. The van der Waals surface area contributed by atoms with Crippen LogP contribution in [0.4, 0.5) is 22.9 Å². The van der Waals surface area contributed by atoms with E-state index in [-0.39, 0.29) is 11.8 Å². The SMILES string of the molecule is O=C(C1CC2(CCC2)C1)N1Cc2cccnc2Nc2ccc(N3CCOCC3)cc21. The molecule has 6 heteroatoms. The normalized spacial score (nSPS) is 22.3. The molecule has 1 aromatic heterocycles. The molecule has 0 atom stereocenters. The standard InChI is InChI=1S/C24H28N4O2/c29-23(18-14-24(15-18)6-2-7-24)28-16-17-3-1-8-25-22(17)26-20-5-4-19(13-21(20)28)27-9-11-30-12-10-27/h1,3-5,8,13,18H,2,6-7,9-12,14-16H2,(H,25,26). The fourth-order valence-corrected chi connectivity index (χ4v) is 5.59. The number of aromatic nitrogens is 1. The lowest BCUT2D eigenvalue weighted by atomic mass is 9.51. The Balaban J connectivity index is 1.36. The molecule has 156 valence electrons. The number of morpholine rings is 1. The molecule has 2 saturated carbocycles. The highest BCUT2D eigenvalue weighted by atomic mass is 16.5. The van der Waals surface area contributed by atoms with Crippen molar-refractivity contribution in [1.29, 1.82) is 0 Å². The van der Waals surface area contributed by atoms with Crippen molar-refractivity contribution in [2.75, 3.05) is 41.4 Å². The Morgan fingerprint density at radius 1 is 1.17 bits per heavy atom. The zero-order chi connectivity index (χ0) is 20.1. The van der Waals surface area contributed by atoms with E-state index < -0.39 is 0 Å². The largest absolute Gasteiger partial charge is 0.378 e. The summed E-state index contributed by atoms with van der Waals surface area (Å²) in [5.74, 6) is 1.27. The van der Waals surface area contributed by atoms with Gasteiger partial charge in [0, 0.05) is 36.5 Å². The van der Waals surface area contributed by atoms with Crippen molar-refractivity contribution in [3.63, 3.8) is 0 Å². The minimum atomic E-state index is 0.156. The molecule has 4 aliphatic rings. The summed E-state index contributed by atoms with van der Waals surface area (Å²) < 4.78 is 5.52. The molecule has 6 nitrogen and oxygen atoms in total. The van der Waals surface area contributed by atoms with Crippen LogP contribution in [0.3, 0.4) is 0 Å². The first-order valence-electron chi connectivity index (χ1n) is 11.2. The number of fused-ring (bicyclic) bond motifs is 2. The summed E-state index contributed by atoms with van der Waals surface area (Å²) in [6.45, 7) is 3.83. The molecule has 1 spiro atoms. The van der Waals surface area contributed by atoms with E-state index in [9.17, 15) is 4.79 Å². The Labute approximate surface area is 177 Å². The van der Waals surface area contributed by atoms with E-state index >= 15 is 0 Å². The number of carbonyl (C=O) groups is 1. The summed E-state index contributed by atoms with van der Waals surface area (Å²) >= 11 is 0. The van der Waals surface area contributed by atoms with Crippen LogP contribution in [-0.2, 0) is 16.1 Å². The number of carbonyl (C=O) groups excluding carboxylic acids is 1. The highest BCUT2D eigenvalue weighted by molar-refractivity contribution is 6.00. The third-order valence-corrected chi connectivity index (χ3v) is 7.51. The molecule has 1 saturated heterocycles. The van der Waals surface area contributed by atoms with Gasteiger partial charge in [-0.05, 0) is 55.4 Å². The summed E-state index contributed by atoms with van der Waals surface area (Å²) in [4.78, 5) is 22.6. The summed E-state index contributed by atoms with van der Waals surface area (Å²) in [6, 6.07) is 10.4. The maximum absolute atomic E-state index is 13.7. The van der Waals surface area contributed by atoms with Crippen LogP contribution in [0.15, 0.2) is 36.5 Å². The number of hydrogen-bond donors (Lipinski definition) is 1. The molecular formula is C24H28N4O2. The summed E-state index contributed by atoms with van der Waals surface area (Å²) in [5, 5.41) is 3.48. The van der Waals surface area contributed by atoms with Gasteiger partial charge in [0.1, 0.15) is 5.82 Å². The zero-order valence-corrected chi connectivity index (χ0v) is 17.3. The molecule has 1 aromatic carbocycles. The van der Waals surface area contributed by atoms with Crippen LogP contribution in [0.25, 0.3) is 0 Å². The Bertz CT molecular complexity index is 973. The van der Waals surface area contributed by atoms with E-state index in [1.807, 2.05) is 11.0 Å². The monoisotopic (exact) mass is 404 g/mol. The van der Waals surface area contributed by atoms with Crippen LogP contribution < -0.4 is 15.1 Å². The highest BCUT2D eigenvalue weighted by Gasteiger charge is 2.51. The predicted molar refractivity (Wildman–Crippen MR) is 117 cm³/mol. The number of benzene rings is 1. The summed E-state index contributed by atoms with van der Waals surface area (Å²) in [7, 11) is 0. The van der Waals surface area contributed by atoms with Crippen molar-refractivity contribution in [2.24, 2.45) is 11.3 Å². The van der Waals surface area contributed by atoms with Crippen LogP contribution in [0.1, 0.15) is 37.7 Å². The van der Waals surface area contributed by atoms with Crippen LogP contribution >= 0.6 is 0 Å². The third kappa shape index (κ3) is 2.97. The number of nitrogens with one attached hydrogen (secondary N) is 1. The maximum Gasteiger partial charge on any atom is 0.230 e. The molecule has 0 unspecified atom stereocenters. The van der Waals surface area contributed by atoms with Crippen LogP contribution in [-0.4, -0.2) is 37.2 Å². The van der Waals surface area contributed by atoms with Gasteiger partial charge in [-0.3, -0.25) is 4.79 Å². The number of rotatable bonds is 2. The average Bonchev–Trinajstić information content (AvgIpc) is 2.88. The minimum Gasteiger partial charge on any atom is -0.378 e. The van der Waals surface area contributed by atoms with E-state index in [4.69, 9.17) is 4.74 Å². The van der Waals surface area contributed by atoms with Crippen LogP contribution in [0.2, 0.25) is 0 Å². The second-order valence-corrected chi connectivity index (χ2v) is 9.32. The fourth-order valence-electron chi connectivity index (χ4n) is 5.59. The van der Waals surface area contributed by atoms with Crippen molar-refractivity contribution in [1.82, 2.24) is 4.98 Å². The fraction of sp³-hybridized carbons (Fsp3) is 0.500. The van der Waals surface area contributed by atoms with Gasteiger partial charge in [0.15, 0.2) is 0 Å². The van der Waals surface area contributed by atoms with Gasteiger partial charge in [-0.25, -0.2) is 4.98 Å². The Morgan fingerprint density at radius 3 is 2.77 bits per heavy atom. The Kier molecular flexibility index (Phi) is 4.23. The molecule has 30 heavy (non-hydrogen) atoms. The highest BCUT2D eigenvalue weighted by Crippen LogP contribution is 2.59. The van der Waals surface area contributed by atoms with Gasteiger partial charge >= 0.3 is 0 Å². The topological polar surface area (TPSA) is 57.7 Å². The van der Waals surface area contributed by atoms with Crippen LogP contribution in [0, 0.1) is 11.3 Å². The quantitative estimate of drug-likeness (QED) is 0.817. The predicted octanol–water partition coefficient (Wildman–Crippen LogP) is 4.09. The van der Waals surface area contributed by atoms with E-state index in [1.54, 1.807) is 6.20 Å². The molecule has 3 fully saturated rings. The Morgan fingerprint density at radius 2 is 2.00 bits per heavy atom. The van der Waals surface area contributed by atoms with Crippen molar-refractivity contribution in [3.8, 4) is 0 Å².